The van der Waals surface area contributed by atoms with Gasteiger partial charge in [0.05, 0.1) is 0 Å². The number of carbonyl (C=O) groups excluding carboxylic acids is 1. The third kappa shape index (κ3) is 2.98. The Morgan fingerprint density at radius 3 is 2.95 bits per heavy atom. The molecule has 0 aliphatic carbocycles. The number of anilines is 1. The van der Waals surface area contributed by atoms with Gasteiger partial charge in [0, 0.05) is 36.8 Å². The van der Waals surface area contributed by atoms with Crippen LogP contribution < -0.4 is 4.90 Å². The summed E-state index contributed by atoms with van der Waals surface area (Å²) in [6.45, 7) is 4.69. The molecule has 19 heavy (non-hydrogen) atoms. The molecule has 0 bridgehead atoms. The molecule has 1 aliphatic rings. The average Bonchev–Trinajstić information content (AvgIpc) is 2.35. The van der Waals surface area contributed by atoms with Crippen molar-refractivity contribution in [3.05, 3.63) is 22.3 Å². The molecule has 0 aromatic carbocycles. The summed E-state index contributed by atoms with van der Waals surface area (Å²) in [4.78, 5) is 18.5. The number of amides is 1. The highest BCUT2D eigenvalue weighted by atomic mass is 79.9. The van der Waals surface area contributed by atoms with E-state index in [0.29, 0.717) is 13.0 Å². The van der Waals surface area contributed by atoms with Gasteiger partial charge in [-0.25, -0.2) is 4.98 Å². The van der Waals surface area contributed by atoms with Crippen molar-refractivity contribution >= 4 is 27.7 Å². The van der Waals surface area contributed by atoms with Crippen LogP contribution in [0.2, 0.25) is 0 Å². The lowest BCUT2D eigenvalue weighted by Crippen LogP contribution is -2.42. The van der Waals surface area contributed by atoms with Crippen LogP contribution in [-0.4, -0.2) is 30.6 Å². The second-order valence-corrected chi connectivity index (χ2v) is 6.02. The van der Waals surface area contributed by atoms with E-state index in [1.54, 1.807) is 18.2 Å². The number of ether oxygens (including phenoxy) is 1. The molecule has 1 atom stereocenters. The number of hydrogen-bond acceptors (Lipinski definition) is 3. The lowest BCUT2D eigenvalue weighted by Gasteiger charge is -2.35. The van der Waals surface area contributed by atoms with Gasteiger partial charge >= 0.3 is 0 Å². The number of hydrogen-bond donors (Lipinski definition) is 0. The van der Waals surface area contributed by atoms with Gasteiger partial charge in [-0.2, -0.15) is 0 Å². The molecule has 0 fully saturated rings. The molecule has 0 radical (unpaired) electrons. The van der Waals surface area contributed by atoms with Gasteiger partial charge in [-0.05, 0) is 53.7 Å². The van der Waals surface area contributed by atoms with Crippen molar-refractivity contribution < 1.29 is 9.53 Å². The summed E-state index contributed by atoms with van der Waals surface area (Å²) in [5.74, 6) is 1.15. The van der Waals surface area contributed by atoms with E-state index in [1.807, 2.05) is 13.8 Å². The van der Waals surface area contributed by atoms with E-state index in [1.165, 1.54) is 0 Å². The summed E-state index contributed by atoms with van der Waals surface area (Å²) >= 11 is 3.46. The van der Waals surface area contributed by atoms with Gasteiger partial charge in [-0.1, -0.05) is 0 Å². The van der Waals surface area contributed by atoms with Gasteiger partial charge in [0.15, 0.2) is 0 Å². The van der Waals surface area contributed by atoms with Gasteiger partial charge in [-0.15, -0.1) is 0 Å². The van der Waals surface area contributed by atoms with Gasteiger partial charge in [0.1, 0.15) is 5.82 Å². The quantitative estimate of drug-likeness (QED) is 0.853. The number of aromatic nitrogens is 1. The zero-order valence-corrected chi connectivity index (χ0v) is 13.1. The summed E-state index contributed by atoms with van der Waals surface area (Å²) in [6, 6.07) is 2.20. The SMILES string of the molecule is COCCC1CC(=O)N(C(C)C)c2ncc(Br)cc21. The Hall–Kier alpha value is -0.940. The lowest BCUT2D eigenvalue weighted by atomic mass is 9.88. The molecular formula is C14H19BrN2O2. The van der Waals surface area contributed by atoms with Crippen LogP contribution in [0, 0.1) is 0 Å². The lowest BCUT2D eigenvalue weighted by molar-refractivity contribution is -0.119. The number of nitrogens with zero attached hydrogens (tertiary/aromatic N) is 2. The predicted octanol–water partition coefficient (Wildman–Crippen LogP) is 3.11. The number of fused-ring (bicyclic) bond motifs is 1. The van der Waals surface area contributed by atoms with E-state index >= 15 is 0 Å². The van der Waals surface area contributed by atoms with Crippen molar-refractivity contribution in [2.24, 2.45) is 0 Å². The van der Waals surface area contributed by atoms with Gasteiger partial charge in [0.25, 0.3) is 0 Å². The summed E-state index contributed by atoms with van der Waals surface area (Å²) in [6.07, 6.45) is 3.13. The van der Waals surface area contributed by atoms with Crippen LogP contribution >= 0.6 is 15.9 Å². The van der Waals surface area contributed by atoms with Crippen LogP contribution in [0.5, 0.6) is 0 Å². The summed E-state index contributed by atoms with van der Waals surface area (Å²) < 4.78 is 6.09. The first-order valence-corrected chi connectivity index (χ1v) is 7.30. The van der Waals surface area contributed by atoms with Crippen molar-refractivity contribution in [1.29, 1.82) is 0 Å². The molecule has 1 aromatic rings. The molecule has 1 aromatic heterocycles. The molecule has 0 saturated heterocycles. The maximum atomic E-state index is 12.3. The zero-order valence-electron chi connectivity index (χ0n) is 11.5. The molecule has 0 saturated carbocycles. The number of carbonyl (C=O) groups is 1. The Bertz CT molecular complexity index is 477. The second-order valence-electron chi connectivity index (χ2n) is 5.11. The highest BCUT2D eigenvalue weighted by Crippen LogP contribution is 2.38. The largest absolute Gasteiger partial charge is 0.385 e. The Morgan fingerprint density at radius 1 is 1.58 bits per heavy atom. The molecule has 4 nitrogen and oxygen atoms in total. The van der Waals surface area contributed by atoms with Gasteiger partial charge in [-0.3, -0.25) is 9.69 Å². The van der Waals surface area contributed by atoms with Crippen LogP contribution in [0.1, 0.15) is 38.2 Å². The molecule has 1 unspecified atom stereocenters. The fraction of sp³-hybridized carbons (Fsp3) is 0.571. The minimum Gasteiger partial charge on any atom is -0.385 e. The van der Waals surface area contributed by atoms with E-state index in [2.05, 4.69) is 27.0 Å². The van der Waals surface area contributed by atoms with Crippen LogP contribution in [0.15, 0.2) is 16.7 Å². The zero-order chi connectivity index (χ0) is 14.0. The molecular weight excluding hydrogens is 308 g/mol. The molecule has 0 spiro atoms. The topological polar surface area (TPSA) is 42.4 Å². The predicted molar refractivity (Wildman–Crippen MR) is 78.4 cm³/mol. The van der Waals surface area contributed by atoms with Crippen molar-refractivity contribution in [3.8, 4) is 0 Å². The monoisotopic (exact) mass is 326 g/mol. The Balaban J connectivity index is 2.41. The van der Waals surface area contributed by atoms with Crippen molar-refractivity contribution in [2.45, 2.75) is 38.6 Å². The van der Waals surface area contributed by atoms with E-state index in [-0.39, 0.29) is 17.9 Å². The Kier molecular flexibility index (Phi) is 4.58. The molecule has 2 heterocycles. The summed E-state index contributed by atoms with van der Waals surface area (Å²) in [7, 11) is 1.69. The highest BCUT2D eigenvalue weighted by Gasteiger charge is 2.33. The molecule has 104 valence electrons. The van der Waals surface area contributed by atoms with Crippen LogP contribution in [-0.2, 0) is 9.53 Å². The first-order valence-electron chi connectivity index (χ1n) is 6.51. The van der Waals surface area contributed by atoms with Crippen molar-refractivity contribution in [2.75, 3.05) is 18.6 Å². The smallest absolute Gasteiger partial charge is 0.229 e. The number of pyridine rings is 1. The third-order valence-corrected chi connectivity index (χ3v) is 3.84. The molecule has 2 rings (SSSR count). The van der Waals surface area contributed by atoms with Crippen molar-refractivity contribution in [3.63, 3.8) is 0 Å². The van der Waals surface area contributed by atoms with E-state index in [4.69, 9.17) is 4.74 Å². The second kappa shape index (κ2) is 6.01. The minimum atomic E-state index is 0.128. The van der Waals surface area contributed by atoms with Gasteiger partial charge in [0.2, 0.25) is 5.91 Å². The number of halogens is 1. The van der Waals surface area contributed by atoms with E-state index in [9.17, 15) is 4.79 Å². The highest BCUT2D eigenvalue weighted by molar-refractivity contribution is 9.10. The number of rotatable bonds is 4. The maximum Gasteiger partial charge on any atom is 0.229 e. The summed E-state index contributed by atoms with van der Waals surface area (Å²) in [5.41, 5.74) is 1.14. The Morgan fingerprint density at radius 2 is 2.32 bits per heavy atom. The average molecular weight is 327 g/mol. The normalized spacial score (nSPS) is 18.9. The summed E-state index contributed by atoms with van der Waals surface area (Å²) in [5, 5.41) is 0. The Labute approximate surface area is 122 Å². The molecule has 0 N–H and O–H groups in total. The third-order valence-electron chi connectivity index (χ3n) is 3.41. The first kappa shape index (κ1) is 14.5. The molecule has 1 aliphatic heterocycles. The van der Waals surface area contributed by atoms with Crippen molar-refractivity contribution in [1.82, 2.24) is 4.98 Å². The fourth-order valence-electron chi connectivity index (χ4n) is 2.54. The van der Waals surface area contributed by atoms with E-state index in [0.717, 1.165) is 22.3 Å². The van der Waals surface area contributed by atoms with Crippen LogP contribution in [0.4, 0.5) is 5.82 Å². The minimum absolute atomic E-state index is 0.128. The molecule has 5 heteroatoms. The standard InChI is InChI=1S/C14H19BrN2O2/c1-9(2)17-13(18)6-10(4-5-19-3)12-7-11(15)8-16-14(12)17/h7-10H,4-6H2,1-3H3. The van der Waals surface area contributed by atoms with Crippen LogP contribution in [0.25, 0.3) is 0 Å². The molecule has 1 amide bonds. The first-order chi connectivity index (χ1) is 9.04. The maximum absolute atomic E-state index is 12.3. The van der Waals surface area contributed by atoms with Crippen LogP contribution in [0.3, 0.4) is 0 Å². The van der Waals surface area contributed by atoms with Gasteiger partial charge < -0.3 is 4.74 Å². The number of methoxy groups -OCH3 is 1. The van der Waals surface area contributed by atoms with E-state index < -0.39 is 0 Å². The fourth-order valence-corrected chi connectivity index (χ4v) is 2.89.